The molecule has 2 N–H and O–H groups in total. The van der Waals surface area contributed by atoms with E-state index in [4.69, 9.17) is 22.1 Å². The fourth-order valence-corrected chi connectivity index (χ4v) is 2.41. The largest absolute Gasteiger partial charge is 0.491 e. The van der Waals surface area contributed by atoms with Gasteiger partial charge in [-0.1, -0.05) is 41.9 Å². The number of ether oxygens (including phenoxy) is 1. The molecule has 0 radical (unpaired) electrons. The van der Waals surface area contributed by atoms with Gasteiger partial charge in [0.05, 0.1) is 11.6 Å². The highest BCUT2D eigenvalue weighted by molar-refractivity contribution is 6.30. The minimum atomic E-state index is -0.656. The molecule has 2 aromatic rings. The monoisotopic (exact) mass is 289 g/mol. The third-order valence-corrected chi connectivity index (χ3v) is 3.47. The van der Waals surface area contributed by atoms with E-state index in [1.165, 1.54) is 0 Å². The zero-order valence-electron chi connectivity index (χ0n) is 12.1. The predicted molar refractivity (Wildman–Crippen MR) is 84.3 cm³/mol. The van der Waals surface area contributed by atoms with Gasteiger partial charge in [-0.3, -0.25) is 0 Å². The zero-order valence-corrected chi connectivity index (χ0v) is 12.8. The fraction of sp³-hybridized carbons (Fsp3) is 0.294. The van der Waals surface area contributed by atoms with Crippen LogP contribution in [0.15, 0.2) is 48.5 Å². The molecule has 20 heavy (non-hydrogen) atoms. The molecule has 2 aromatic carbocycles. The summed E-state index contributed by atoms with van der Waals surface area (Å²) < 4.78 is 5.87. The quantitative estimate of drug-likeness (QED) is 0.908. The lowest BCUT2D eigenvalue weighted by molar-refractivity contribution is 0.237. The van der Waals surface area contributed by atoms with Gasteiger partial charge in [-0.05, 0) is 44.5 Å². The first-order chi connectivity index (χ1) is 9.41. The summed E-state index contributed by atoms with van der Waals surface area (Å²) in [5.41, 5.74) is 7.83. The van der Waals surface area contributed by atoms with Crippen LogP contribution >= 0.6 is 11.6 Å². The van der Waals surface area contributed by atoms with Gasteiger partial charge in [-0.2, -0.15) is 0 Å². The number of nitrogens with two attached hydrogens (primary N) is 1. The lowest BCUT2D eigenvalue weighted by Crippen LogP contribution is -2.35. The van der Waals surface area contributed by atoms with Crippen molar-refractivity contribution in [2.75, 3.05) is 0 Å². The van der Waals surface area contributed by atoms with Crippen LogP contribution in [0.4, 0.5) is 0 Å². The molecule has 1 unspecified atom stereocenters. The Morgan fingerprint density at radius 3 is 2.45 bits per heavy atom. The van der Waals surface area contributed by atoms with Crippen LogP contribution in [0.2, 0.25) is 5.02 Å². The van der Waals surface area contributed by atoms with Crippen molar-refractivity contribution in [1.29, 1.82) is 0 Å². The van der Waals surface area contributed by atoms with Crippen LogP contribution in [0.25, 0.3) is 0 Å². The second-order valence-corrected chi connectivity index (χ2v) is 5.81. The first-order valence-corrected chi connectivity index (χ1v) is 7.10. The van der Waals surface area contributed by atoms with E-state index in [-0.39, 0.29) is 6.10 Å². The van der Waals surface area contributed by atoms with E-state index in [1.54, 1.807) is 0 Å². The van der Waals surface area contributed by atoms with Crippen molar-refractivity contribution >= 4 is 11.6 Å². The summed E-state index contributed by atoms with van der Waals surface area (Å²) in [7, 11) is 0. The van der Waals surface area contributed by atoms with Gasteiger partial charge in [0.15, 0.2) is 0 Å². The topological polar surface area (TPSA) is 35.2 Å². The summed E-state index contributed by atoms with van der Waals surface area (Å²) in [4.78, 5) is 0. The molecule has 0 heterocycles. The maximum Gasteiger partial charge on any atom is 0.125 e. The molecule has 0 saturated heterocycles. The normalized spacial score (nSPS) is 14.1. The molecule has 0 aliphatic heterocycles. The van der Waals surface area contributed by atoms with E-state index in [2.05, 4.69) is 0 Å². The number of rotatable bonds is 4. The van der Waals surface area contributed by atoms with Gasteiger partial charge in [0, 0.05) is 10.6 Å². The van der Waals surface area contributed by atoms with Crippen molar-refractivity contribution < 1.29 is 4.74 Å². The lowest BCUT2D eigenvalue weighted by Gasteiger charge is -2.29. The summed E-state index contributed by atoms with van der Waals surface area (Å²) in [6.45, 7) is 5.98. The van der Waals surface area contributed by atoms with Crippen molar-refractivity contribution in [3.05, 3.63) is 64.7 Å². The zero-order chi connectivity index (χ0) is 14.8. The van der Waals surface area contributed by atoms with Crippen LogP contribution in [0.5, 0.6) is 5.75 Å². The molecule has 2 rings (SSSR count). The smallest absolute Gasteiger partial charge is 0.125 e. The van der Waals surface area contributed by atoms with Crippen LogP contribution < -0.4 is 10.5 Å². The second kappa shape index (κ2) is 5.86. The van der Waals surface area contributed by atoms with Crippen molar-refractivity contribution in [3.8, 4) is 5.75 Å². The molecule has 0 saturated carbocycles. The Balaban J connectivity index is 2.48. The molecular formula is C17H20ClNO. The van der Waals surface area contributed by atoms with Gasteiger partial charge in [0.25, 0.3) is 0 Å². The summed E-state index contributed by atoms with van der Waals surface area (Å²) in [5, 5.41) is 0.682. The number of hydrogen-bond donors (Lipinski definition) is 1. The third-order valence-electron chi connectivity index (χ3n) is 3.23. The molecule has 0 bridgehead atoms. The Labute approximate surface area is 125 Å². The van der Waals surface area contributed by atoms with Gasteiger partial charge in [-0.25, -0.2) is 0 Å². The molecule has 0 fully saturated rings. The molecule has 0 spiro atoms. The van der Waals surface area contributed by atoms with Crippen LogP contribution in [0, 0.1) is 0 Å². The molecule has 1 atom stereocenters. The highest BCUT2D eigenvalue weighted by atomic mass is 35.5. The SMILES string of the molecule is CC(C)Oc1ccccc1C(C)(N)c1cccc(Cl)c1. The van der Waals surface area contributed by atoms with E-state index < -0.39 is 5.54 Å². The summed E-state index contributed by atoms with van der Waals surface area (Å²) in [6, 6.07) is 15.5. The van der Waals surface area contributed by atoms with Crippen molar-refractivity contribution in [2.45, 2.75) is 32.4 Å². The first-order valence-electron chi connectivity index (χ1n) is 6.72. The molecule has 106 valence electrons. The van der Waals surface area contributed by atoms with Gasteiger partial charge < -0.3 is 10.5 Å². The van der Waals surface area contributed by atoms with E-state index in [0.717, 1.165) is 16.9 Å². The maximum atomic E-state index is 6.57. The predicted octanol–water partition coefficient (Wildman–Crippen LogP) is 4.35. The number of halogens is 1. The standard InChI is InChI=1S/C17H20ClNO/c1-12(2)20-16-10-5-4-9-15(16)17(3,19)13-7-6-8-14(18)11-13/h4-12H,19H2,1-3H3. The molecule has 0 aliphatic rings. The van der Waals surface area contributed by atoms with Gasteiger partial charge >= 0.3 is 0 Å². The van der Waals surface area contributed by atoms with Crippen LogP contribution in [0.1, 0.15) is 31.9 Å². The highest BCUT2D eigenvalue weighted by Gasteiger charge is 2.27. The summed E-state index contributed by atoms with van der Waals surface area (Å²) in [6.07, 6.45) is 0.103. The lowest BCUT2D eigenvalue weighted by atomic mass is 9.85. The highest BCUT2D eigenvalue weighted by Crippen LogP contribution is 2.34. The molecule has 0 aromatic heterocycles. The first kappa shape index (κ1) is 14.9. The minimum Gasteiger partial charge on any atom is -0.491 e. The number of para-hydroxylation sites is 1. The van der Waals surface area contributed by atoms with Crippen molar-refractivity contribution in [2.24, 2.45) is 5.73 Å². The molecule has 0 aliphatic carbocycles. The average molecular weight is 290 g/mol. The molecule has 2 nitrogen and oxygen atoms in total. The van der Waals surface area contributed by atoms with Gasteiger partial charge in [-0.15, -0.1) is 0 Å². The average Bonchev–Trinajstić information content (AvgIpc) is 2.38. The van der Waals surface area contributed by atoms with Crippen molar-refractivity contribution in [1.82, 2.24) is 0 Å². The molecular weight excluding hydrogens is 270 g/mol. The van der Waals surface area contributed by atoms with E-state index in [9.17, 15) is 0 Å². The molecule has 3 heteroatoms. The van der Waals surface area contributed by atoms with Crippen molar-refractivity contribution in [3.63, 3.8) is 0 Å². The Kier molecular flexibility index (Phi) is 4.36. The van der Waals surface area contributed by atoms with Gasteiger partial charge in [0.1, 0.15) is 5.75 Å². The Morgan fingerprint density at radius 1 is 1.10 bits per heavy atom. The summed E-state index contributed by atoms with van der Waals surface area (Å²) >= 11 is 6.08. The second-order valence-electron chi connectivity index (χ2n) is 5.38. The minimum absolute atomic E-state index is 0.103. The Bertz CT molecular complexity index is 593. The fourth-order valence-electron chi connectivity index (χ4n) is 2.22. The van der Waals surface area contributed by atoms with E-state index >= 15 is 0 Å². The van der Waals surface area contributed by atoms with Crippen LogP contribution in [-0.4, -0.2) is 6.10 Å². The summed E-state index contributed by atoms with van der Waals surface area (Å²) in [5.74, 6) is 0.812. The van der Waals surface area contributed by atoms with Crippen LogP contribution in [-0.2, 0) is 5.54 Å². The molecule has 0 amide bonds. The Hall–Kier alpha value is -1.51. The number of benzene rings is 2. The number of hydrogen-bond acceptors (Lipinski definition) is 2. The Morgan fingerprint density at radius 2 is 1.80 bits per heavy atom. The third kappa shape index (κ3) is 3.14. The van der Waals surface area contributed by atoms with Gasteiger partial charge in [0.2, 0.25) is 0 Å². The van der Waals surface area contributed by atoms with E-state index in [1.807, 2.05) is 69.3 Å². The van der Waals surface area contributed by atoms with Crippen LogP contribution in [0.3, 0.4) is 0 Å². The van der Waals surface area contributed by atoms with E-state index in [0.29, 0.717) is 5.02 Å². The maximum absolute atomic E-state index is 6.57.